The molecule has 0 saturated carbocycles. The zero-order valence-corrected chi connectivity index (χ0v) is 18.1. The maximum absolute atomic E-state index is 13.2. The number of anilines is 2. The van der Waals surface area contributed by atoms with Crippen LogP contribution in [0.15, 0.2) is 48.5 Å². The Morgan fingerprint density at radius 3 is 2.58 bits per heavy atom. The minimum absolute atomic E-state index is 0.0273. The largest absolute Gasteiger partial charge is 0.497 e. The van der Waals surface area contributed by atoms with E-state index in [1.54, 1.807) is 12.0 Å². The molecule has 0 N–H and O–H groups in total. The van der Waals surface area contributed by atoms with E-state index >= 15 is 0 Å². The standard InChI is InChI=1S/C24H29N3O4/c1-3-31-22-10-5-4-9-21(22)27-17-18(15-23(27)28)24(29)26-13-11-25(12-14-26)19-7-6-8-20(16-19)30-2/h4-10,16,18H,3,11-15,17H2,1-2H3/t18-/m0/s1. The van der Waals surface area contributed by atoms with Crippen LogP contribution in [0.1, 0.15) is 13.3 Å². The summed E-state index contributed by atoms with van der Waals surface area (Å²) < 4.78 is 11.0. The topological polar surface area (TPSA) is 62.3 Å². The number of nitrogens with zero attached hydrogens (tertiary/aromatic N) is 3. The number of ether oxygens (including phenoxy) is 2. The van der Waals surface area contributed by atoms with Crippen LogP contribution in [0, 0.1) is 5.92 Å². The van der Waals surface area contributed by atoms with Crippen molar-refractivity contribution in [3.8, 4) is 11.5 Å². The van der Waals surface area contributed by atoms with Gasteiger partial charge < -0.3 is 24.2 Å². The summed E-state index contributed by atoms with van der Waals surface area (Å²) in [6.07, 6.45) is 0.245. The fraction of sp³-hybridized carbons (Fsp3) is 0.417. The number of carbonyl (C=O) groups excluding carboxylic acids is 2. The monoisotopic (exact) mass is 423 g/mol. The highest BCUT2D eigenvalue weighted by Crippen LogP contribution is 2.34. The summed E-state index contributed by atoms with van der Waals surface area (Å²) in [7, 11) is 1.66. The molecule has 2 aromatic rings. The molecule has 0 bridgehead atoms. The molecule has 7 heteroatoms. The van der Waals surface area contributed by atoms with Gasteiger partial charge in [-0.05, 0) is 31.2 Å². The lowest BCUT2D eigenvalue weighted by Gasteiger charge is -2.37. The third-order valence-corrected chi connectivity index (χ3v) is 5.94. The summed E-state index contributed by atoms with van der Waals surface area (Å²) in [6.45, 7) is 5.66. The first-order valence-electron chi connectivity index (χ1n) is 10.8. The summed E-state index contributed by atoms with van der Waals surface area (Å²) >= 11 is 0. The number of hydrogen-bond acceptors (Lipinski definition) is 5. The molecular weight excluding hydrogens is 394 g/mol. The lowest BCUT2D eigenvalue weighted by molar-refractivity contribution is -0.136. The number of piperazine rings is 1. The maximum atomic E-state index is 13.2. The SMILES string of the molecule is CCOc1ccccc1N1C[C@@H](C(=O)N2CCN(c3cccc(OC)c3)CC2)CC1=O. The van der Waals surface area contributed by atoms with Gasteiger partial charge in [-0.2, -0.15) is 0 Å². The van der Waals surface area contributed by atoms with Gasteiger partial charge in [-0.25, -0.2) is 0 Å². The Hall–Kier alpha value is -3.22. The van der Waals surface area contributed by atoms with Crippen molar-refractivity contribution >= 4 is 23.2 Å². The Morgan fingerprint density at radius 1 is 1.06 bits per heavy atom. The predicted octanol–water partition coefficient (Wildman–Crippen LogP) is 2.80. The van der Waals surface area contributed by atoms with Crippen LogP contribution >= 0.6 is 0 Å². The fourth-order valence-electron chi connectivity index (χ4n) is 4.31. The predicted molar refractivity (Wildman–Crippen MR) is 120 cm³/mol. The van der Waals surface area contributed by atoms with E-state index < -0.39 is 0 Å². The molecule has 0 radical (unpaired) electrons. The third kappa shape index (κ3) is 4.45. The van der Waals surface area contributed by atoms with Crippen molar-refractivity contribution in [1.82, 2.24) is 4.90 Å². The molecule has 4 rings (SSSR count). The van der Waals surface area contributed by atoms with Gasteiger partial charge in [0.15, 0.2) is 0 Å². The van der Waals surface area contributed by atoms with Gasteiger partial charge in [-0.1, -0.05) is 18.2 Å². The van der Waals surface area contributed by atoms with Gasteiger partial charge >= 0.3 is 0 Å². The number of benzene rings is 2. The van der Waals surface area contributed by atoms with E-state index in [-0.39, 0.29) is 24.2 Å². The van der Waals surface area contributed by atoms with E-state index in [2.05, 4.69) is 11.0 Å². The number of carbonyl (C=O) groups is 2. The van der Waals surface area contributed by atoms with Crippen molar-refractivity contribution in [3.05, 3.63) is 48.5 Å². The van der Waals surface area contributed by atoms with Gasteiger partial charge in [0.05, 0.1) is 25.3 Å². The highest BCUT2D eigenvalue weighted by molar-refractivity contribution is 6.01. The Labute approximate surface area is 183 Å². The van der Waals surface area contributed by atoms with E-state index in [0.717, 1.165) is 30.2 Å². The summed E-state index contributed by atoms with van der Waals surface area (Å²) in [5.74, 6) is 1.23. The minimum Gasteiger partial charge on any atom is -0.497 e. The van der Waals surface area contributed by atoms with Gasteiger partial charge in [0.25, 0.3) is 0 Å². The second-order valence-electron chi connectivity index (χ2n) is 7.82. The van der Waals surface area contributed by atoms with Gasteiger partial charge in [0.1, 0.15) is 11.5 Å². The Morgan fingerprint density at radius 2 is 1.84 bits per heavy atom. The molecule has 164 valence electrons. The second kappa shape index (κ2) is 9.29. The summed E-state index contributed by atoms with van der Waals surface area (Å²) in [4.78, 5) is 31.7. The molecular formula is C24H29N3O4. The Bertz CT molecular complexity index is 940. The van der Waals surface area contributed by atoms with Crippen molar-refractivity contribution in [2.45, 2.75) is 13.3 Å². The molecule has 2 heterocycles. The average Bonchev–Trinajstić information content (AvgIpc) is 3.20. The van der Waals surface area contributed by atoms with Crippen molar-refractivity contribution in [2.75, 3.05) is 56.2 Å². The molecule has 0 unspecified atom stereocenters. The first-order chi connectivity index (χ1) is 15.1. The number of hydrogen-bond donors (Lipinski definition) is 0. The average molecular weight is 424 g/mol. The van der Waals surface area contributed by atoms with Gasteiger partial charge in [-0.3, -0.25) is 9.59 Å². The van der Waals surface area contributed by atoms with Crippen LogP contribution in [-0.2, 0) is 9.59 Å². The lowest BCUT2D eigenvalue weighted by atomic mass is 10.1. The van der Waals surface area contributed by atoms with Gasteiger partial charge in [0.2, 0.25) is 11.8 Å². The lowest BCUT2D eigenvalue weighted by Crippen LogP contribution is -2.50. The van der Waals surface area contributed by atoms with Gasteiger partial charge in [0, 0.05) is 50.9 Å². The highest BCUT2D eigenvalue weighted by Gasteiger charge is 2.38. The van der Waals surface area contributed by atoms with E-state index in [4.69, 9.17) is 9.47 Å². The molecule has 1 atom stereocenters. The van der Waals surface area contributed by atoms with Crippen LogP contribution in [0.2, 0.25) is 0 Å². The second-order valence-corrected chi connectivity index (χ2v) is 7.82. The van der Waals surface area contributed by atoms with Crippen LogP contribution in [-0.4, -0.2) is 63.2 Å². The van der Waals surface area contributed by atoms with Gasteiger partial charge in [-0.15, -0.1) is 0 Å². The summed E-state index contributed by atoms with van der Waals surface area (Å²) in [5, 5.41) is 0. The zero-order chi connectivity index (χ0) is 21.8. The molecule has 2 saturated heterocycles. The normalized spacial score (nSPS) is 19.0. The molecule has 0 aliphatic carbocycles. The molecule has 2 aliphatic rings. The quantitative estimate of drug-likeness (QED) is 0.715. The summed E-state index contributed by atoms with van der Waals surface area (Å²) in [6, 6.07) is 15.5. The first-order valence-corrected chi connectivity index (χ1v) is 10.8. The molecule has 0 aromatic heterocycles. The van der Waals surface area contributed by atoms with E-state index in [1.165, 1.54) is 0 Å². The van der Waals surface area contributed by atoms with Crippen molar-refractivity contribution in [2.24, 2.45) is 5.92 Å². The van der Waals surface area contributed by atoms with Crippen LogP contribution < -0.4 is 19.3 Å². The molecule has 2 aliphatic heterocycles. The number of para-hydroxylation sites is 2. The van der Waals surface area contributed by atoms with Crippen molar-refractivity contribution in [3.63, 3.8) is 0 Å². The third-order valence-electron chi connectivity index (χ3n) is 5.94. The van der Waals surface area contributed by atoms with E-state index in [0.29, 0.717) is 32.0 Å². The minimum atomic E-state index is -0.314. The molecule has 2 amide bonds. The number of rotatable bonds is 6. The summed E-state index contributed by atoms with van der Waals surface area (Å²) in [5.41, 5.74) is 1.84. The van der Waals surface area contributed by atoms with Crippen LogP contribution in [0.3, 0.4) is 0 Å². The maximum Gasteiger partial charge on any atom is 0.228 e. The molecule has 31 heavy (non-hydrogen) atoms. The number of amides is 2. The van der Waals surface area contributed by atoms with Crippen molar-refractivity contribution in [1.29, 1.82) is 0 Å². The molecule has 2 fully saturated rings. The Balaban J connectivity index is 1.38. The Kier molecular flexibility index (Phi) is 6.30. The zero-order valence-electron chi connectivity index (χ0n) is 18.1. The van der Waals surface area contributed by atoms with Crippen LogP contribution in [0.25, 0.3) is 0 Å². The first kappa shape index (κ1) is 21.0. The fourth-order valence-corrected chi connectivity index (χ4v) is 4.31. The van der Waals surface area contributed by atoms with Crippen molar-refractivity contribution < 1.29 is 19.1 Å². The molecule has 2 aromatic carbocycles. The van der Waals surface area contributed by atoms with E-state index in [1.807, 2.05) is 54.3 Å². The molecule has 0 spiro atoms. The smallest absolute Gasteiger partial charge is 0.228 e. The highest BCUT2D eigenvalue weighted by atomic mass is 16.5. The van der Waals surface area contributed by atoms with Crippen LogP contribution in [0.5, 0.6) is 11.5 Å². The molecule has 7 nitrogen and oxygen atoms in total. The van der Waals surface area contributed by atoms with E-state index in [9.17, 15) is 9.59 Å². The van der Waals surface area contributed by atoms with Crippen LogP contribution in [0.4, 0.5) is 11.4 Å². The number of methoxy groups -OCH3 is 1.